The summed E-state index contributed by atoms with van der Waals surface area (Å²) in [5, 5.41) is 4.12. The number of ether oxygens (including phenoxy) is 1. The van der Waals surface area contributed by atoms with Crippen molar-refractivity contribution in [3.63, 3.8) is 0 Å². The van der Waals surface area contributed by atoms with E-state index >= 15 is 0 Å². The minimum Gasteiger partial charge on any atom is -0.724 e. The van der Waals surface area contributed by atoms with Gasteiger partial charge in [0.15, 0.2) is 22.6 Å². The number of carbonyl (C=O) groups excluding carboxylic acids is 1. The van der Waals surface area contributed by atoms with E-state index in [1.54, 1.807) is 30.3 Å². The number of hydrogen-bond donors (Lipinski definition) is 1. The second-order valence-electron chi connectivity index (χ2n) is 7.30. The maximum atomic E-state index is 13.2. The standard InChI is InChI=1S/C21H17Cl2N3O5S/c1-26(2,32(28)29)11-4-6-16-13(8-11)18-12(5-7-17(30-3)20(18)31-16)21(27)25-19-14(22)9-24-10-15(19)23/h4-10H,1-3H3,(H-,24,25,27,28,29). The highest BCUT2D eigenvalue weighted by Crippen LogP contribution is 2.40. The van der Waals surface area contributed by atoms with Gasteiger partial charge in [-0.1, -0.05) is 23.2 Å². The Labute approximate surface area is 195 Å². The van der Waals surface area contributed by atoms with Gasteiger partial charge in [-0.25, -0.2) is 8.10 Å². The summed E-state index contributed by atoms with van der Waals surface area (Å²) in [6, 6.07) is 8.20. The molecule has 4 aromatic rings. The molecule has 0 spiro atoms. The molecule has 0 bridgehead atoms. The summed E-state index contributed by atoms with van der Waals surface area (Å²) in [5.41, 5.74) is 1.81. The number of rotatable bonds is 5. The lowest BCUT2D eigenvalue weighted by atomic mass is 10.0. The molecule has 0 fully saturated rings. The van der Waals surface area contributed by atoms with Gasteiger partial charge in [-0.05, 0) is 18.2 Å². The van der Waals surface area contributed by atoms with Gasteiger partial charge in [0.2, 0.25) is 0 Å². The van der Waals surface area contributed by atoms with Crippen LogP contribution in [0, 0.1) is 0 Å². The summed E-state index contributed by atoms with van der Waals surface area (Å²) in [4.78, 5) is 17.1. The number of halogens is 2. The highest BCUT2D eigenvalue weighted by Gasteiger charge is 2.25. The van der Waals surface area contributed by atoms with Crippen molar-refractivity contribution in [2.75, 3.05) is 26.5 Å². The van der Waals surface area contributed by atoms with E-state index in [-0.39, 0.29) is 21.3 Å². The molecule has 32 heavy (non-hydrogen) atoms. The minimum absolute atomic E-state index is 0.187. The third-order valence-corrected chi connectivity index (χ3v) is 6.65. The fraction of sp³-hybridized carbons (Fsp3) is 0.143. The molecule has 166 valence electrons. The summed E-state index contributed by atoms with van der Waals surface area (Å²) < 4.78 is 34.4. The molecular weight excluding hydrogens is 477 g/mol. The van der Waals surface area contributed by atoms with Gasteiger partial charge >= 0.3 is 0 Å². The Morgan fingerprint density at radius 3 is 2.50 bits per heavy atom. The first kappa shape index (κ1) is 22.5. The fourth-order valence-electron chi connectivity index (χ4n) is 3.33. The average molecular weight is 494 g/mol. The zero-order valence-corrected chi connectivity index (χ0v) is 19.5. The van der Waals surface area contributed by atoms with E-state index < -0.39 is 21.1 Å². The Bertz CT molecular complexity index is 1380. The predicted molar refractivity (Wildman–Crippen MR) is 125 cm³/mol. The van der Waals surface area contributed by atoms with E-state index in [9.17, 15) is 13.6 Å². The topological polar surface area (TPSA) is 104 Å². The number of nitrogens with zero attached hydrogens (tertiary/aromatic N) is 2. The predicted octanol–water partition coefficient (Wildman–Crippen LogP) is 4.91. The molecule has 0 aliphatic rings. The van der Waals surface area contributed by atoms with Crippen LogP contribution in [0.3, 0.4) is 0 Å². The molecule has 11 heteroatoms. The lowest BCUT2D eigenvalue weighted by Gasteiger charge is -2.29. The molecule has 4 rings (SSSR count). The van der Waals surface area contributed by atoms with Crippen molar-refractivity contribution < 1.29 is 22.7 Å². The van der Waals surface area contributed by atoms with Crippen LogP contribution in [0.15, 0.2) is 47.1 Å². The molecule has 1 atom stereocenters. The van der Waals surface area contributed by atoms with E-state index in [0.717, 1.165) is 0 Å². The summed E-state index contributed by atoms with van der Waals surface area (Å²) in [7, 11) is 4.56. The summed E-state index contributed by atoms with van der Waals surface area (Å²) in [6.07, 6.45) is 2.74. The summed E-state index contributed by atoms with van der Waals surface area (Å²) in [5.74, 6) is -0.0580. The number of carbonyl (C=O) groups is 1. The SMILES string of the molecule is COc1ccc(C(=O)Nc2c(Cl)cncc2Cl)c2c1oc1ccc([N+](C)(C)S(=O)[O-])cc12. The first-order valence-corrected chi connectivity index (χ1v) is 11.0. The number of aromatic nitrogens is 1. The fourth-order valence-corrected chi connectivity index (χ4v) is 4.07. The van der Waals surface area contributed by atoms with E-state index in [4.69, 9.17) is 32.4 Å². The molecule has 0 aliphatic carbocycles. The highest BCUT2D eigenvalue weighted by atomic mass is 35.5. The number of fused-ring (bicyclic) bond motifs is 3. The lowest BCUT2D eigenvalue weighted by Crippen LogP contribution is -2.41. The monoisotopic (exact) mass is 493 g/mol. The molecule has 1 N–H and O–H groups in total. The van der Waals surface area contributed by atoms with Crippen molar-refractivity contribution in [2.24, 2.45) is 0 Å². The van der Waals surface area contributed by atoms with Crippen LogP contribution in [-0.2, 0) is 11.3 Å². The normalized spacial score (nSPS) is 12.8. The molecule has 2 aromatic carbocycles. The molecule has 0 saturated heterocycles. The lowest BCUT2D eigenvalue weighted by molar-refractivity contribution is 0.102. The number of quaternary nitrogens is 1. The van der Waals surface area contributed by atoms with Gasteiger partial charge in [0.25, 0.3) is 5.91 Å². The van der Waals surface area contributed by atoms with Gasteiger partial charge in [-0.3, -0.25) is 9.78 Å². The van der Waals surface area contributed by atoms with Crippen LogP contribution in [0.5, 0.6) is 5.75 Å². The maximum Gasteiger partial charge on any atom is 0.256 e. The maximum absolute atomic E-state index is 13.2. The highest BCUT2D eigenvalue weighted by molar-refractivity contribution is 7.78. The first-order chi connectivity index (χ1) is 15.1. The van der Waals surface area contributed by atoms with Gasteiger partial charge < -0.3 is 19.0 Å². The number of benzene rings is 2. The largest absolute Gasteiger partial charge is 0.724 e. The first-order valence-electron chi connectivity index (χ1n) is 9.23. The molecule has 0 aliphatic heterocycles. The Balaban J connectivity index is 1.94. The second-order valence-corrected chi connectivity index (χ2v) is 9.46. The van der Waals surface area contributed by atoms with Gasteiger partial charge in [-0.15, -0.1) is 0 Å². The average Bonchev–Trinajstić information content (AvgIpc) is 3.14. The van der Waals surface area contributed by atoms with E-state index in [1.807, 2.05) is 0 Å². The molecule has 8 nitrogen and oxygen atoms in total. The number of methoxy groups -OCH3 is 1. The zero-order chi connectivity index (χ0) is 23.2. The van der Waals surface area contributed by atoms with Gasteiger partial charge in [0.1, 0.15) is 11.3 Å². The molecule has 1 unspecified atom stereocenters. The van der Waals surface area contributed by atoms with E-state index in [1.165, 1.54) is 33.6 Å². The number of amides is 1. The third kappa shape index (κ3) is 3.72. The van der Waals surface area contributed by atoms with Crippen LogP contribution in [0.1, 0.15) is 10.4 Å². The van der Waals surface area contributed by atoms with Crippen molar-refractivity contribution in [1.82, 2.24) is 8.87 Å². The molecular formula is C21H17Cl2N3O5S. The Hall–Kier alpha value is -2.69. The Morgan fingerprint density at radius 2 is 1.88 bits per heavy atom. The molecule has 2 aromatic heterocycles. The summed E-state index contributed by atoms with van der Waals surface area (Å²) >= 11 is 9.86. The van der Waals surface area contributed by atoms with Crippen molar-refractivity contribution >= 4 is 73.7 Å². The molecule has 0 saturated carbocycles. The van der Waals surface area contributed by atoms with Gasteiger partial charge in [0, 0.05) is 35.3 Å². The third-order valence-electron chi connectivity index (χ3n) is 5.12. The van der Waals surface area contributed by atoms with Crippen LogP contribution in [0.4, 0.5) is 11.4 Å². The van der Waals surface area contributed by atoms with Crippen molar-refractivity contribution in [3.05, 3.63) is 58.3 Å². The van der Waals surface area contributed by atoms with Crippen LogP contribution >= 0.6 is 23.2 Å². The van der Waals surface area contributed by atoms with Crippen LogP contribution in [-0.4, -0.2) is 40.9 Å². The molecule has 0 radical (unpaired) electrons. The number of anilines is 1. The van der Waals surface area contributed by atoms with Gasteiger partial charge in [-0.2, -0.15) is 0 Å². The van der Waals surface area contributed by atoms with Crippen molar-refractivity contribution in [2.45, 2.75) is 0 Å². The molecule has 1 amide bonds. The second kappa shape index (κ2) is 8.34. The van der Waals surface area contributed by atoms with E-state index in [0.29, 0.717) is 33.4 Å². The number of nitrogens with one attached hydrogen (secondary N) is 1. The number of hydrogen-bond acceptors (Lipinski definition) is 6. The van der Waals surface area contributed by atoms with Crippen molar-refractivity contribution in [3.8, 4) is 5.75 Å². The quantitative estimate of drug-likeness (QED) is 0.312. The van der Waals surface area contributed by atoms with Crippen LogP contribution in [0.2, 0.25) is 10.0 Å². The van der Waals surface area contributed by atoms with E-state index in [2.05, 4.69) is 10.3 Å². The Kier molecular flexibility index (Phi) is 5.87. The number of pyridine rings is 1. The van der Waals surface area contributed by atoms with Crippen LogP contribution < -0.4 is 13.9 Å². The van der Waals surface area contributed by atoms with Crippen LogP contribution in [0.25, 0.3) is 21.9 Å². The number of furan rings is 1. The summed E-state index contributed by atoms with van der Waals surface area (Å²) in [6.45, 7) is 0. The smallest absolute Gasteiger partial charge is 0.256 e. The zero-order valence-electron chi connectivity index (χ0n) is 17.1. The minimum atomic E-state index is -2.43. The molecule has 2 heterocycles. The van der Waals surface area contributed by atoms with Crippen molar-refractivity contribution in [1.29, 1.82) is 0 Å². The van der Waals surface area contributed by atoms with Gasteiger partial charge in [0.05, 0.1) is 42.5 Å². The Morgan fingerprint density at radius 1 is 1.19 bits per heavy atom.